The summed E-state index contributed by atoms with van der Waals surface area (Å²) in [7, 11) is -3.92. The summed E-state index contributed by atoms with van der Waals surface area (Å²) in [5.41, 5.74) is -0.0399. The van der Waals surface area contributed by atoms with Crippen molar-refractivity contribution in [3.8, 4) is 16.9 Å². The number of rotatable bonds is 3. The van der Waals surface area contributed by atoms with Gasteiger partial charge in [-0.1, -0.05) is 12.1 Å². The Labute approximate surface area is 146 Å². The highest BCUT2D eigenvalue weighted by molar-refractivity contribution is 7.89. The van der Waals surface area contributed by atoms with E-state index in [1.165, 1.54) is 41.0 Å². The van der Waals surface area contributed by atoms with Crippen LogP contribution >= 0.6 is 0 Å². The molecule has 1 aromatic heterocycles. The van der Waals surface area contributed by atoms with Crippen molar-refractivity contribution in [2.75, 3.05) is 0 Å². The van der Waals surface area contributed by atoms with E-state index in [4.69, 9.17) is 5.14 Å². The Balaban J connectivity index is 2.16. The highest BCUT2D eigenvalue weighted by Gasteiger charge is 2.33. The minimum absolute atomic E-state index is 0.155. The van der Waals surface area contributed by atoms with E-state index < -0.39 is 27.6 Å². The van der Waals surface area contributed by atoms with E-state index in [1.54, 1.807) is 0 Å². The minimum Gasteiger partial charge on any atom is -0.316 e. The van der Waals surface area contributed by atoms with E-state index in [2.05, 4.69) is 0 Å². The molecule has 0 aliphatic heterocycles. The van der Waals surface area contributed by atoms with E-state index in [0.717, 1.165) is 24.4 Å². The number of benzene rings is 2. The Morgan fingerprint density at radius 3 is 2.00 bits per heavy atom. The number of sulfonamides is 1. The third-order valence-corrected chi connectivity index (χ3v) is 4.66. The summed E-state index contributed by atoms with van der Waals surface area (Å²) in [6.45, 7) is 0. The summed E-state index contributed by atoms with van der Waals surface area (Å²) < 4.78 is 76.4. The van der Waals surface area contributed by atoms with Gasteiger partial charge in [0.1, 0.15) is 5.82 Å². The molecule has 26 heavy (non-hydrogen) atoms. The van der Waals surface area contributed by atoms with Gasteiger partial charge in [0.05, 0.1) is 16.2 Å². The number of nitrogens with two attached hydrogens (primary N) is 1. The average Bonchev–Trinajstić information content (AvgIpc) is 3.00. The first-order valence-corrected chi connectivity index (χ1v) is 8.79. The molecule has 0 unspecified atom stereocenters. The van der Waals surface area contributed by atoms with Crippen LogP contribution in [-0.2, 0) is 16.2 Å². The lowest BCUT2D eigenvalue weighted by molar-refractivity contribution is -0.137. The zero-order chi connectivity index (χ0) is 19.1. The lowest BCUT2D eigenvalue weighted by Gasteiger charge is -2.10. The van der Waals surface area contributed by atoms with Crippen LogP contribution in [0.3, 0.4) is 0 Å². The second kappa shape index (κ2) is 6.26. The Kier molecular flexibility index (Phi) is 4.37. The van der Waals surface area contributed by atoms with Crippen LogP contribution in [0, 0.1) is 5.82 Å². The van der Waals surface area contributed by atoms with Crippen LogP contribution in [0.25, 0.3) is 16.9 Å². The summed E-state index contributed by atoms with van der Waals surface area (Å²) in [5.74, 6) is -0.518. The van der Waals surface area contributed by atoms with E-state index in [-0.39, 0.29) is 10.6 Å². The van der Waals surface area contributed by atoms with Crippen LogP contribution in [0.1, 0.15) is 5.56 Å². The van der Waals surface area contributed by atoms with Gasteiger partial charge < -0.3 is 4.57 Å². The van der Waals surface area contributed by atoms with Crippen molar-refractivity contribution in [2.24, 2.45) is 5.14 Å². The monoisotopic (exact) mass is 384 g/mol. The summed E-state index contributed by atoms with van der Waals surface area (Å²) in [5, 5.41) is 5.02. The van der Waals surface area contributed by atoms with E-state index in [1.807, 2.05) is 0 Å². The molecule has 0 aliphatic carbocycles. The van der Waals surface area contributed by atoms with Gasteiger partial charge in [0.15, 0.2) is 0 Å². The van der Waals surface area contributed by atoms with Gasteiger partial charge in [-0.2, -0.15) is 13.2 Å². The second-order valence-electron chi connectivity index (χ2n) is 5.53. The van der Waals surface area contributed by atoms with Gasteiger partial charge in [-0.05, 0) is 48.0 Å². The van der Waals surface area contributed by atoms with Gasteiger partial charge in [0.25, 0.3) is 0 Å². The van der Waals surface area contributed by atoms with Crippen molar-refractivity contribution in [3.63, 3.8) is 0 Å². The molecule has 2 aromatic carbocycles. The maximum atomic E-state index is 13.1. The van der Waals surface area contributed by atoms with Crippen LogP contribution in [0.15, 0.2) is 65.7 Å². The zero-order valence-electron chi connectivity index (χ0n) is 13.0. The zero-order valence-corrected chi connectivity index (χ0v) is 13.9. The van der Waals surface area contributed by atoms with Gasteiger partial charge in [0.2, 0.25) is 10.0 Å². The number of aromatic nitrogens is 1. The number of nitrogens with zero attached hydrogens (tertiary/aromatic N) is 1. The molecule has 0 spiro atoms. The van der Waals surface area contributed by atoms with Crippen LogP contribution in [0.5, 0.6) is 0 Å². The molecule has 3 aromatic rings. The number of hydrogen-bond donors (Lipinski definition) is 1. The summed E-state index contributed by atoms with van der Waals surface area (Å²) >= 11 is 0. The molecule has 4 nitrogen and oxygen atoms in total. The van der Waals surface area contributed by atoms with E-state index in [0.29, 0.717) is 11.3 Å². The quantitative estimate of drug-likeness (QED) is 0.695. The van der Waals surface area contributed by atoms with E-state index >= 15 is 0 Å². The Morgan fingerprint density at radius 2 is 1.50 bits per heavy atom. The predicted octanol–water partition coefficient (Wildman–Crippen LogP) is 3.95. The number of alkyl halides is 3. The molecule has 3 rings (SSSR count). The van der Waals surface area contributed by atoms with Crippen molar-refractivity contribution in [3.05, 3.63) is 72.2 Å². The molecule has 136 valence electrons. The standard InChI is InChI=1S/C17H12F4N2O2S/c18-13-3-5-14(6-4-13)23-10-12(17(19,20)21)9-16(23)11-1-7-15(8-2-11)26(22,24)25/h1-10H,(H2,22,24,25). The fourth-order valence-corrected chi connectivity index (χ4v) is 2.99. The molecule has 0 aliphatic rings. The van der Waals surface area contributed by atoms with Crippen LogP contribution in [0.4, 0.5) is 17.6 Å². The molecule has 0 fully saturated rings. The first kappa shape index (κ1) is 18.2. The lowest BCUT2D eigenvalue weighted by atomic mass is 10.1. The third kappa shape index (κ3) is 3.63. The van der Waals surface area contributed by atoms with Gasteiger partial charge in [-0.15, -0.1) is 0 Å². The van der Waals surface area contributed by atoms with E-state index in [9.17, 15) is 26.0 Å². The predicted molar refractivity (Wildman–Crippen MR) is 87.5 cm³/mol. The molecule has 1 heterocycles. The highest BCUT2D eigenvalue weighted by atomic mass is 32.2. The van der Waals surface area contributed by atoms with Crippen LogP contribution in [-0.4, -0.2) is 13.0 Å². The molecule has 0 radical (unpaired) electrons. The fraction of sp³-hybridized carbons (Fsp3) is 0.0588. The van der Waals surface area contributed by atoms with Crippen molar-refractivity contribution in [2.45, 2.75) is 11.1 Å². The minimum atomic E-state index is -4.57. The smallest absolute Gasteiger partial charge is 0.316 e. The molecule has 0 bridgehead atoms. The highest BCUT2D eigenvalue weighted by Crippen LogP contribution is 2.35. The Bertz CT molecular complexity index is 1040. The summed E-state index contributed by atoms with van der Waals surface area (Å²) in [6.07, 6.45) is -3.67. The molecule has 2 N–H and O–H groups in total. The summed E-state index contributed by atoms with van der Waals surface area (Å²) in [6, 6.07) is 11.0. The van der Waals surface area contributed by atoms with Crippen molar-refractivity contribution < 1.29 is 26.0 Å². The molecular weight excluding hydrogens is 372 g/mol. The molecule has 0 saturated heterocycles. The number of primary sulfonamides is 1. The molecule has 0 amide bonds. The Hall–Kier alpha value is -2.65. The largest absolute Gasteiger partial charge is 0.417 e. The van der Waals surface area contributed by atoms with Gasteiger partial charge in [0, 0.05) is 11.9 Å². The van der Waals surface area contributed by atoms with Crippen LogP contribution < -0.4 is 5.14 Å². The van der Waals surface area contributed by atoms with Gasteiger partial charge >= 0.3 is 6.18 Å². The van der Waals surface area contributed by atoms with Crippen molar-refractivity contribution in [1.29, 1.82) is 0 Å². The first-order valence-electron chi connectivity index (χ1n) is 7.24. The maximum absolute atomic E-state index is 13.1. The molecule has 0 atom stereocenters. The maximum Gasteiger partial charge on any atom is 0.417 e. The summed E-state index contributed by atoms with van der Waals surface area (Å²) in [4.78, 5) is -0.155. The fourth-order valence-electron chi connectivity index (χ4n) is 2.47. The number of halogens is 4. The SMILES string of the molecule is NS(=O)(=O)c1ccc(-c2cc(C(F)(F)F)cn2-c2ccc(F)cc2)cc1. The first-order chi connectivity index (χ1) is 12.1. The van der Waals surface area contributed by atoms with Crippen molar-refractivity contribution >= 4 is 10.0 Å². The molecule has 0 saturated carbocycles. The van der Waals surface area contributed by atoms with Gasteiger partial charge in [-0.3, -0.25) is 0 Å². The van der Waals surface area contributed by atoms with Crippen molar-refractivity contribution in [1.82, 2.24) is 4.57 Å². The normalized spacial score (nSPS) is 12.3. The Morgan fingerprint density at radius 1 is 0.923 bits per heavy atom. The topological polar surface area (TPSA) is 65.1 Å². The lowest BCUT2D eigenvalue weighted by Crippen LogP contribution is -2.11. The third-order valence-electron chi connectivity index (χ3n) is 3.73. The molecular formula is C17H12F4N2O2S. The molecule has 9 heteroatoms. The van der Waals surface area contributed by atoms with Gasteiger partial charge in [-0.25, -0.2) is 17.9 Å². The second-order valence-corrected chi connectivity index (χ2v) is 7.09. The average molecular weight is 384 g/mol. The van der Waals surface area contributed by atoms with Crippen LogP contribution in [0.2, 0.25) is 0 Å². The number of hydrogen-bond acceptors (Lipinski definition) is 2.